The minimum absolute atomic E-state index is 0.0830. The van der Waals surface area contributed by atoms with Crippen LogP contribution in [0, 0.1) is 0 Å². The number of hydrogen-bond donors (Lipinski definition) is 1. The SMILES string of the molecule is CC(C)c1ccccc1OCC(=O)Nc1nc(-c2ccc(Cl)cc2Cl)cs1. The molecule has 0 spiro atoms. The van der Waals surface area contributed by atoms with E-state index in [1.54, 1.807) is 18.2 Å². The zero-order valence-electron chi connectivity index (χ0n) is 14.8. The quantitative estimate of drug-likeness (QED) is 0.511. The molecule has 0 atom stereocenters. The number of thiazole rings is 1. The van der Waals surface area contributed by atoms with E-state index in [1.807, 2.05) is 29.6 Å². The molecule has 0 radical (unpaired) electrons. The second kappa shape index (κ2) is 8.74. The summed E-state index contributed by atoms with van der Waals surface area (Å²) in [4.78, 5) is 16.6. The standard InChI is InChI=1S/C20H18Cl2N2O2S/c1-12(2)14-5-3-4-6-18(14)26-10-19(25)24-20-23-17(11-27-20)15-8-7-13(21)9-16(15)22/h3-9,11-12H,10H2,1-2H3,(H,23,24,25). The number of carbonyl (C=O) groups is 1. The van der Waals surface area contributed by atoms with Crippen LogP contribution in [0.1, 0.15) is 25.3 Å². The Morgan fingerprint density at radius 1 is 1.22 bits per heavy atom. The summed E-state index contributed by atoms with van der Waals surface area (Å²) in [5, 5.41) is 6.15. The maximum atomic E-state index is 12.2. The first-order chi connectivity index (χ1) is 12.9. The summed E-state index contributed by atoms with van der Waals surface area (Å²) < 4.78 is 5.69. The smallest absolute Gasteiger partial charge is 0.264 e. The Hall–Kier alpha value is -2.08. The van der Waals surface area contributed by atoms with Crippen molar-refractivity contribution in [2.45, 2.75) is 19.8 Å². The van der Waals surface area contributed by atoms with Crippen molar-refractivity contribution in [1.29, 1.82) is 0 Å². The lowest BCUT2D eigenvalue weighted by molar-refractivity contribution is -0.118. The fourth-order valence-corrected chi connectivity index (χ4v) is 3.77. The highest BCUT2D eigenvalue weighted by molar-refractivity contribution is 7.14. The second-order valence-corrected chi connectivity index (χ2v) is 7.89. The minimum Gasteiger partial charge on any atom is -0.483 e. The van der Waals surface area contributed by atoms with Gasteiger partial charge in [0.1, 0.15) is 5.75 Å². The predicted molar refractivity (Wildman–Crippen MR) is 112 cm³/mol. The van der Waals surface area contributed by atoms with Crippen molar-refractivity contribution in [2.75, 3.05) is 11.9 Å². The molecule has 0 unspecified atom stereocenters. The lowest BCUT2D eigenvalue weighted by atomic mass is 10.0. The van der Waals surface area contributed by atoms with Gasteiger partial charge in [0.2, 0.25) is 0 Å². The van der Waals surface area contributed by atoms with E-state index in [0.717, 1.165) is 16.9 Å². The molecule has 0 saturated carbocycles. The van der Waals surface area contributed by atoms with Crippen LogP contribution in [-0.2, 0) is 4.79 Å². The third-order valence-electron chi connectivity index (χ3n) is 3.86. The molecule has 0 saturated heterocycles. The molecule has 1 N–H and O–H groups in total. The molecule has 3 rings (SSSR count). The van der Waals surface area contributed by atoms with Gasteiger partial charge in [-0.3, -0.25) is 10.1 Å². The number of nitrogens with zero attached hydrogens (tertiary/aromatic N) is 1. The van der Waals surface area contributed by atoms with Crippen molar-refractivity contribution < 1.29 is 9.53 Å². The van der Waals surface area contributed by atoms with Crippen LogP contribution in [0.3, 0.4) is 0 Å². The van der Waals surface area contributed by atoms with E-state index in [9.17, 15) is 4.79 Å². The van der Waals surface area contributed by atoms with Crippen molar-refractivity contribution in [2.24, 2.45) is 0 Å². The molecule has 1 aromatic heterocycles. The van der Waals surface area contributed by atoms with Crippen molar-refractivity contribution in [3.05, 3.63) is 63.5 Å². The topological polar surface area (TPSA) is 51.2 Å². The first-order valence-corrected chi connectivity index (χ1v) is 10.00. The lowest BCUT2D eigenvalue weighted by Crippen LogP contribution is -2.20. The van der Waals surface area contributed by atoms with Crippen LogP contribution >= 0.6 is 34.5 Å². The molecule has 4 nitrogen and oxygen atoms in total. The van der Waals surface area contributed by atoms with Gasteiger partial charge in [0.15, 0.2) is 11.7 Å². The summed E-state index contributed by atoms with van der Waals surface area (Å²) in [6.45, 7) is 4.09. The molecule has 0 aliphatic heterocycles. The van der Waals surface area contributed by atoms with E-state index in [-0.39, 0.29) is 12.5 Å². The van der Waals surface area contributed by atoms with E-state index in [4.69, 9.17) is 27.9 Å². The van der Waals surface area contributed by atoms with Gasteiger partial charge in [0, 0.05) is 16.0 Å². The van der Waals surface area contributed by atoms with E-state index in [1.165, 1.54) is 11.3 Å². The molecular formula is C20H18Cl2N2O2S. The molecule has 27 heavy (non-hydrogen) atoms. The molecule has 0 aliphatic carbocycles. The van der Waals surface area contributed by atoms with Gasteiger partial charge in [-0.05, 0) is 35.7 Å². The van der Waals surface area contributed by atoms with E-state index in [0.29, 0.717) is 26.8 Å². The van der Waals surface area contributed by atoms with Gasteiger partial charge in [-0.2, -0.15) is 0 Å². The first-order valence-electron chi connectivity index (χ1n) is 8.36. The Bertz CT molecular complexity index is 957. The Morgan fingerprint density at radius 3 is 2.74 bits per heavy atom. The van der Waals surface area contributed by atoms with E-state index < -0.39 is 0 Å². The number of carbonyl (C=O) groups excluding carboxylic acids is 1. The zero-order valence-corrected chi connectivity index (χ0v) is 17.2. The van der Waals surface area contributed by atoms with Gasteiger partial charge < -0.3 is 4.74 Å². The number of ether oxygens (including phenoxy) is 1. The second-order valence-electron chi connectivity index (χ2n) is 6.19. The molecule has 0 fully saturated rings. The third-order valence-corrected chi connectivity index (χ3v) is 5.16. The molecule has 7 heteroatoms. The third kappa shape index (κ3) is 5.01. The van der Waals surface area contributed by atoms with Crippen LogP contribution in [-0.4, -0.2) is 17.5 Å². The van der Waals surface area contributed by atoms with Crippen LogP contribution in [0.5, 0.6) is 5.75 Å². The molecule has 0 bridgehead atoms. The van der Waals surface area contributed by atoms with Gasteiger partial charge in [0.05, 0.1) is 10.7 Å². The highest BCUT2D eigenvalue weighted by Gasteiger charge is 2.13. The van der Waals surface area contributed by atoms with E-state index >= 15 is 0 Å². The highest BCUT2D eigenvalue weighted by Crippen LogP contribution is 2.32. The Morgan fingerprint density at radius 2 is 2.00 bits per heavy atom. The number of aromatic nitrogens is 1. The number of anilines is 1. The van der Waals surface area contributed by atoms with Crippen LogP contribution in [0.25, 0.3) is 11.3 Å². The van der Waals surface area contributed by atoms with Gasteiger partial charge in [-0.15, -0.1) is 11.3 Å². The maximum absolute atomic E-state index is 12.2. The van der Waals surface area contributed by atoms with Gasteiger partial charge >= 0.3 is 0 Å². The average molecular weight is 421 g/mol. The number of rotatable bonds is 6. The monoisotopic (exact) mass is 420 g/mol. The number of hydrogen-bond acceptors (Lipinski definition) is 4. The Kier molecular flexibility index (Phi) is 6.37. The summed E-state index contributed by atoms with van der Waals surface area (Å²) >= 11 is 13.5. The molecule has 0 aliphatic rings. The average Bonchev–Trinajstić information content (AvgIpc) is 3.08. The number of para-hydroxylation sites is 1. The zero-order chi connectivity index (χ0) is 19.4. The highest BCUT2D eigenvalue weighted by atomic mass is 35.5. The van der Waals surface area contributed by atoms with E-state index in [2.05, 4.69) is 24.1 Å². The van der Waals surface area contributed by atoms with Gasteiger partial charge in [-0.1, -0.05) is 55.2 Å². The molecule has 1 heterocycles. The molecular weight excluding hydrogens is 403 g/mol. The van der Waals surface area contributed by atoms with Crippen molar-refractivity contribution in [1.82, 2.24) is 4.98 Å². The largest absolute Gasteiger partial charge is 0.483 e. The molecule has 3 aromatic rings. The summed E-state index contributed by atoms with van der Waals surface area (Å²) in [5.74, 6) is 0.766. The van der Waals surface area contributed by atoms with Crippen molar-refractivity contribution in [3.8, 4) is 17.0 Å². The summed E-state index contributed by atoms with van der Waals surface area (Å²) in [7, 11) is 0. The van der Waals surface area contributed by atoms with Gasteiger partial charge in [0.25, 0.3) is 5.91 Å². The van der Waals surface area contributed by atoms with Crippen LogP contribution in [0.2, 0.25) is 10.0 Å². The number of nitrogens with one attached hydrogen (secondary N) is 1. The first kappa shape index (κ1) is 19.7. The number of amides is 1. The minimum atomic E-state index is -0.267. The van der Waals surface area contributed by atoms with Crippen LogP contribution in [0.15, 0.2) is 47.8 Å². The summed E-state index contributed by atoms with van der Waals surface area (Å²) in [6, 6.07) is 12.9. The Balaban J connectivity index is 1.63. The van der Waals surface area contributed by atoms with Crippen molar-refractivity contribution in [3.63, 3.8) is 0 Å². The molecule has 140 valence electrons. The fraction of sp³-hybridized carbons (Fsp3) is 0.200. The summed E-state index contributed by atoms with van der Waals surface area (Å²) in [6.07, 6.45) is 0. The van der Waals surface area contributed by atoms with Gasteiger partial charge in [-0.25, -0.2) is 4.98 Å². The normalized spacial score (nSPS) is 10.9. The van der Waals surface area contributed by atoms with Crippen LogP contribution < -0.4 is 10.1 Å². The molecule has 1 amide bonds. The summed E-state index contributed by atoms with van der Waals surface area (Å²) in [5.41, 5.74) is 2.52. The van der Waals surface area contributed by atoms with Crippen molar-refractivity contribution >= 4 is 45.6 Å². The fourth-order valence-electron chi connectivity index (χ4n) is 2.54. The predicted octanol–water partition coefficient (Wildman–Crippen LogP) is 6.26. The Labute approximate surface area is 172 Å². The van der Waals surface area contributed by atoms with Crippen LogP contribution in [0.4, 0.5) is 5.13 Å². The number of halogens is 2. The molecule has 2 aromatic carbocycles. The maximum Gasteiger partial charge on any atom is 0.264 e. The lowest BCUT2D eigenvalue weighted by Gasteiger charge is -2.13. The number of benzene rings is 2.